The van der Waals surface area contributed by atoms with Gasteiger partial charge >= 0.3 is 0 Å². The van der Waals surface area contributed by atoms with Crippen molar-refractivity contribution in [1.29, 1.82) is 0 Å². The molecule has 26 heavy (non-hydrogen) atoms. The van der Waals surface area contributed by atoms with Gasteiger partial charge in [-0.3, -0.25) is 4.99 Å². The van der Waals surface area contributed by atoms with E-state index < -0.39 is 0 Å². The number of unbranched alkanes of at least 4 members (excludes halogenated alkanes) is 2. The summed E-state index contributed by atoms with van der Waals surface area (Å²) in [4.78, 5) is 4.95. The van der Waals surface area contributed by atoms with Crippen molar-refractivity contribution < 1.29 is 4.74 Å². The molecule has 0 saturated heterocycles. The average molecular weight is 378 g/mol. The fourth-order valence-corrected chi connectivity index (χ4v) is 4.97. The molecule has 0 bridgehead atoms. The number of ether oxygens (including phenoxy) is 1. The Morgan fingerprint density at radius 1 is 1.35 bits per heavy atom. The molecule has 1 saturated carbocycles. The Balaban J connectivity index is 1.52. The summed E-state index contributed by atoms with van der Waals surface area (Å²) in [5.74, 6) is 2.95. The first kappa shape index (κ1) is 21.8. The van der Waals surface area contributed by atoms with Gasteiger partial charge in [0, 0.05) is 18.8 Å². The molecule has 148 valence electrons. The number of aliphatic imine (C=N–C) groups is 1. The van der Waals surface area contributed by atoms with E-state index in [1.165, 1.54) is 61.3 Å². The van der Waals surface area contributed by atoms with E-state index in [0.29, 0.717) is 12.1 Å². The Labute approximate surface area is 166 Å². The molecule has 4 atom stereocenters. The molecule has 2 nitrogen and oxygen atoms in total. The van der Waals surface area contributed by atoms with Crippen molar-refractivity contribution in [1.82, 2.24) is 0 Å². The zero-order chi connectivity index (χ0) is 18.8. The normalized spacial score (nSPS) is 27.2. The Bertz CT molecular complexity index is 496. The van der Waals surface area contributed by atoms with E-state index in [-0.39, 0.29) is 0 Å². The van der Waals surface area contributed by atoms with Crippen LogP contribution in [0.2, 0.25) is 0 Å². The third-order valence-electron chi connectivity index (χ3n) is 5.64. The molecule has 2 unspecified atom stereocenters. The maximum absolute atomic E-state index is 5.53. The highest BCUT2D eigenvalue weighted by Gasteiger charge is 2.39. The van der Waals surface area contributed by atoms with Gasteiger partial charge in [0.2, 0.25) is 0 Å². The van der Waals surface area contributed by atoms with E-state index >= 15 is 0 Å². The quantitative estimate of drug-likeness (QED) is 0.259. The van der Waals surface area contributed by atoms with Gasteiger partial charge in [0.25, 0.3) is 0 Å². The van der Waals surface area contributed by atoms with Crippen LogP contribution in [0, 0.1) is 11.8 Å². The molecule has 1 aliphatic heterocycles. The maximum Gasteiger partial charge on any atom is 0.0714 e. The van der Waals surface area contributed by atoms with Crippen molar-refractivity contribution in [3.8, 4) is 0 Å². The minimum absolute atomic E-state index is 0.424. The summed E-state index contributed by atoms with van der Waals surface area (Å²) in [6, 6.07) is 0.603. The molecule has 0 N–H and O–H groups in total. The van der Waals surface area contributed by atoms with Gasteiger partial charge in [-0.05, 0) is 57.8 Å². The van der Waals surface area contributed by atoms with Crippen molar-refractivity contribution >= 4 is 16.8 Å². The van der Waals surface area contributed by atoms with Crippen LogP contribution in [0.3, 0.4) is 0 Å². The predicted octanol–water partition coefficient (Wildman–Crippen LogP) is 6.81. The Morgan fingerprint density at radius 2 is 2.15 bits per heavy atom. The minimum Gasteiger partial charge on any atom is -0.381 e. The van der Waals surface area contributed by atoms with Crippen LogP contribution in [-0.2, 0) is 4.74 Å². The fraction of sp³-hybridized carbons (Fsp3) is 0.783. The molecule has 1 heterocycles. The lowest BCUT2D eigenvalue weighted by atomic mass is 10.0. The van der Waals surface area contributed by atoms with Crippen LogP contribution < -0.4 is 0 Å². The summed E-state index contributed by atoms with van der Waals surface area (Å²) in [6.07, 6.45) is 18.4. The zero-order valence-corrected chi connectivity index (χ0v) is 18.2. The summed E-state index contributed by atoms with van der Waals surface area (Å²) in [6.45, 7) is 6.81. The van der Waals surface area contributed by atoms with Crippen LogP contribution in [0.15, 0.2) is 28.8 Å². The third kappa shape index (κ3) is 8.00. The van der Waals surface area contributed by atoms with E-state index in [1.54, 1.807) is 0 Å². The van der Waals surface area contributed by atoms with Gasteiger partial charge in [-0.15, -0.1) is 11.8 Å². The molecular weight excluding hydrogens is 338 g/mol. The predicted molar refractivity (Wildman–Crippen MR) is 117 cm³/mol. The molecule has 0 radical (unpaired) electrons. The topological polar surface area (TPSA) is 21.6 Å². The number of methoxy groups -OCH3 is 1. The highest BCUT2D eigenvalue weighted by molar-refractivity contribution is 8.14. The first-order chi connectivity index (χ1) is 12.6. The maximum atomic E-state index is 5.53. The molecule has 0 amide bonds. The largest absolute Gasteiger partial charge is 0.381 e. The third-order valence-corrected chi connectivity index (χ3v) is 6.90. The Hall–Kier alpha value is -0.540. The smallest absolute Gasteiger partial charge is 0.0714 e. The highest BCUT2D eigenvalue weighted by atomic mass is 32.2. The zero-order valence-electron chi connectivity index (χ0n) is 17.4. The molecule has 1 fully saturated rings. The second-order valence-corrected chi connectivity index (χ2v) is 9.20. The van der Waals surface area contributed by atoms with Crippen molar-refractivity contribution in [2.75, 3.05) is 12.9 Å². The number of allylic oxidation sites excluding steroid dienone is 4. The summed E-state index contributed by atoms with van der Waals surface area (Å²) in [5.41, 5.74) is 1.46. The van der Waals surface area contributed by atoms with E-state index in [2.05, 4.69) is 39.0 Å². The van der Waals surface area contributed by atoms with Gasteiger partial charge in [-0.1, -0.05) is 50.5 Å². The lowest BCUT2D eigenvalue weighted by molar-refractivity contribution is 0.0876. The number of rotatable bonds is 13. The van der Waals surface area contributed by atoms with Gasteiger partial charge in [-0.25, -0.2) is 0 Å². The number of thioether (sulfide) groups is 1. The van der Waals surface area contributed by atoms with E-state index in [4.69, 9.17) is 9.73 Å². The molecular formula is C23H39NOS. The molecule has 1 aliphatic carbocycles. The summed E-state index contributed by atoms with van der Waals surface area (Å²) in [5, 5.41) is 1.47. The van der Waals surface area contributed by atoms with Crippen molar-refractivity contribution in [3.63, 3.8) is 0 Å². The van der Waals surface area contributed by atoms with Crippen molar-refractivity contribution in [3.05, 3.63) is 23.8 Å². The Kier molecular flexibility index (Phi) is 10.1. The first-order valence-electron chi connectivity index (χ1n) is 10.7. The number of hydrogen-bond donors (Lipinski definition) is 0. The van der Waals surface area contributed by atoms with Crippen LogP contribution in [0.25, 0.3) is 0 Å². The summed E-state index contributed by atoms with van der Waals surface area (Å²) in [7, 11) is 1.84. The van der Waals surface area contributed by atoms with Crippen LogP contribution in [-0.4, -0.2) is 30.1 Å². The molecule has 3 heteroatoms. The van der Waals surface area contributed by atoms with Crippen LogP contribution in [0.4, 0.5) is 0 Å². The number of nitrogens with zero attached hydrogens (tertiary/aromatic N) is 1. The molecule has 0 aromatic heterocycles. The summed E-state index contributed by atoms with van der Waals surface area (Å²) < 4.78 is 5.53. The van der Waals surface area contributed by atoms with Gasteiger partial charge in [0.1, 0.15) is 0 Å². The van der Waals surface area contributed by atoms with E-state index in [1.807, 2.05) is 18.9 Å². The van der Waals surface area contributed by atoms with Crippen molar-refractivity contribution in [2.24, 2.45) is 16.8 Å². The Morgan fingerprint density at radius 3 is 2.85 bits per heavy atom. The lowest BCUT2D eigenvalue weighted by Gasteiger charge is -2.13. The minimum atomic E-state index is 0.424. The number of hydrogen-bond acceptors (Lipinski definition) is 3. The molecule has 0 aromatic rings. The molecule has 2 aliphatic rings. The SMILES string of the molecule is CCCC(CCC(C)=CC=CCCCCC1CSC([C@@H]2C[C@@H]2C)=N1)OC. The van der Waals surface area contributed by atoms with Gasteiger partial charge in [0.05, 0.1) is 17.2 Å². The summed E-state index contributed by atoms with van der Waals surface area (Å²) >= 11 is 2.03. The first-order valence-corrected chi connectivity index (χ1v) is 11.7. The monoisotopic (exact) mass is 377 g/mol. The van der Waals surface area contributed by atoms with Gasteiger partial charge < -0.3 is 4.74 Å². The molecule has 2 rings (SSSR count). The second kappa shape index (κ2) is 12.0. The highest BCUT2D eigenvalue weighted by Crippen LogP contribution is 2.44. The standard InChI is InChI=1S/C23H39NOS/c1-5-11-21(25-4)15-14-18(2)12-9-7-6-8-10-13-20-17-26-23(24-20)22-16-19(22)3/h7,9,12,19-22H,5-6,8,10-11,13-17H2,1-4H3/t19-,20?,21?,22+/m0/s1. The van der Waals surface area contributed by atoms with Crippen molar-refractivity contribution in [2.45, 2.75) is 90.7 Å². The van der Waals surface area contributed by atoms with Gasteiger partial charge in [-0.2, -0.15) is 0 Å². The molecule has 0 spiro atoms. The van der Waals surface area contributed by atoms with Gasteiger partial charge in [0.15, 0.2) is 0 Å². The van der Waals surface area contributed by atoms with Crippen LogP contribution >= 0.6 is 11.8 Å². The lowest BCUT2D eigenvalue weighted by Crippen LogP contribution is -2.09. The van der Waals surface area contributed by atoms with E-state index in [9.17, 15) is 0 Å². The molecule has 0 aromatic carbocycles. The van der Waals surface area contributed by atoms with Crippen LogP contribution in [0.1, 0.15) is 78.6 Å². The van der Waals surface area contributed by atoms with E-state index in [0.717, 1.165) is 24.7 Å². The average Bonchev–Trinajstić information content (AvgIpc) is 3.18. The van der Waals surface area contributed by atoms with Crippen LogP contribution in [0.5, 0.6) is 0 Å². The fourth-order valence-electron chi connectivity index (χ4n) is 3.60. The second-order valence-electron chi connectivity index (χ2n) is 8.16.